The van der Waals surface area contributed by atoms with E-state index in [-0.39, 0.29) is 6.04 Å². The molecule has 3 nitrogen and oxygen atoms in total. The number of carbonyl (C=O) groups is 1. The van der Waals surface area contributed by atoms with Crippen LogP contribution in [0.5, 0.6) is 0 Å². The molecule has 1 heterocycles. The van der Waals surface area contributed by atoms with Crippen molar-refractivity contribution in [1.82, 2.24) is 10.6 Å². The molecule has 1 saturated heterocycles. The first-order valence-corrected chi connectivity index (χ1v) is 5.82. The lowest BCUT2D eigenvalue weighted by atomic mass is 9.83. The molecule has 2 unspecified atom stereocenters. The molecule has 14 heavy (non-hydrogen) atoms. The monoisotopic (exact) mass is 196 g/mol. The molecule has 0 aromatic carbocycles. The van der Waals surface area contributed by atoms with Gasteiger partial charge in [-0.05, 0) is 18.8 Å². The molecule has 3 heteroatoms. The van der Waals surface area contributed by atoms with E-state index in [2.05, 4.69) is 10.6 Å². The van der Waals surface area contributed by atoms with Crippen LogP contribution in [-0.4, -0.2) is 31.5 Å². The van der Waals surface area contributed by atoms with Crippen molar-refractivity contribution in [3.05, 3.63) is 0 Å². The predicted octanol–water partition coefficient (Wildman–Crippen LogP) is 0.696. The van der Waals surface area contributed by atoms with Gasteiger partial charge in [-0.25, -0.2) is 0 Å². The maximum atomic E-state index is 10.7. The second kappa shape index (κ2) is 4.89. The van der Waals surface area contributed by atoms with Gasteiger partial charge in [0.25, 0.3) is 0 Å². The maximum Gasteiger partial charge on any atom is 0.138 e. The molecule has 1 aliphatic carbocycles. The summed E-state index contributed by atoms with van der Waals surface area (Å²) >= 11 is 0. The van der Waals surface area contributed by atoms with Crippen LogP contribution in [0.25, 0.3) is 0 Å². The molecule has 2 rings (SSSR count). The summed E-state index contributed by atoms with van der Waals surface area (Å²) in [5.41, 5.74) is 0. The Labute approximate surface area is 85.6 Å². The zero-order valence-corrected chi connectivity index (χ0v) is 8.67. The normalized spacial score (nSPS) is 35.4. The van der Waals surface area contributed by atoms with Crippen LogP contribution in [0.4, 0.5) is 0 Å². The smallest absolute Gasteiger partial charge is 0.138 e. The zero-order valence-electron chi connectivity index (χ0n) is 8.67. The van der Waals surface area contributed by atoms with E-state index >= 15 is 0 Å². The van der Waals surface area contributed by atoms with E-state index in [4.69, 9.17) is 0 Å². The highest BCUT2D eigenvalue weighted by atomic mass is 16.1. The second-order valence-corrected chi connectivity index (χ2v) is 4.57. The Bertz CT molecular complexity index is 190. The number of piperazine rings is 1. The standard InChI is InChI=1S/C11H20N2O/c14-8-10-6-12-7-11(13-10)9-4-2-1-3-5-9/h8-13H,1-7H2. The van der Waals surface area contributed by atoms with Crippen LogP contribution >= 0.6 is 0 Å². The minimum Gasteiger partial charge on any atom is -0.313 e. The quantitative estimate of drug-likeness (QED) is 0.639. The van der Waals surface area contributed by atoms with Crippen molar-refractivity contribution < 1.29 is 4.79 Å². The summed E-state index contributed by atoms with van der Waals surface area (Å²) in [6, 6.07) is 0.565. The third-order valence-corrected chi connectivity index (χ3v) is 3.54. The molecule has 2 atom stereocenters. The maximum absolute atomic E-state index is 10.7. The molecule has 1 aliphatic heterocycles. The van der Waals surface area contributed by atoms with Crippen LogP contribution < -0.4 is 10.6 Å². The molecule has 0 radical (unpaired) electrons. The van der Waals surface area contributed by atoms with Crippen LogP contribution in [-0.2, 0) is 4.79 Å². The summed E-state index contributed by atoms with van der Waals surface area (Å²) < 4.78 is 0. The summed E-state index contributed by atoms with van der Waals surface area (Å²) in [5.74, 6) is 0.791. The minimum absolute atomic E-state index is 0.0377. The van der Waals surface area contributed by atoms with Gasteiger partial charge in [0.05, 0.1) is 6.04 Å². The lowest BCUT2D eigenvalue weighted by molar-refractivity contribution is -0.110. The number of carbonyl (C=O) groups excluding carboxylic acids is 1. The fourth-order valence-electron chi connectivity index (χ4n) is 2.71. The van der Waals surface area contributed by atoms with Crippen LogP contribution in [0.1, 0.15) is 32.1 Å². The highest BCUT2D eigenvalue weighted by molar-refractivity contribution is 5.58. The van der Waals surface area contributed by atoms with Crippen molar-refractivity contribution in [2.45, 2.75) is 44.2 Å². The fraction of sp³-hybridized carbons (Fsp3) is 0.909. The van der Waals surface area contributed by atoms with Gasteiger partial charge < -0.3 is 15.4 Å². The topological polar surface area (TPSA) is 41.1 Å². The Kier molecular flexibility index (Phi) is 3.54. The largest absolute Gasteiger partial charge is 0.313 e. The van der Waals surface area contributed by atoms with Gasteiger partial charge in [0.15, 0.2) is 0 Å². The fourth-order valence-corrected chi connectivity index (χ4v) is 2.71. The first-order valence-electron chi connectivity index (χ1n) is 5.82. The van der Waals surface area contributed by atoms with E-state index in [1.165, 1.54) is 32.1 Å². The average molecular weight is 196 g/mol. The van der Waals surface area contributed by atoms with Gasteiger partial charge in [0, 0.05) is 19.1 Å². The molecule has 2 fully saturated rings. The van der Waals surface area contributed by atoms with Gasteiger partial charge in [-0.1, -0.05) is 19.3 Å². The number of aldehydes is 1. The summed E-state index contributed by atoms with van der Waals surface area (Å²) in [6.07, 6.45) is 7.84. The summed E-state index contributed by atoms with van der Waals surface area (Å²) in [6.45, 7) is 1.84. The van der Waals surface area contributed by atoms with E-state index in [0.29, 0.717) is 6.04 Å². The highest BCUT2D eigenvalue weighted by Crippen LogP contribution is 2.26. The Morgan fingerprint density at radius 3 is 2.57 bits per heavy atom. The predicted molar refractivity (Wildman–Crippen MR) is 56.2 cm³/mol. The Balaban J connectivity index is 1.86. The molecule has 0 bridgehead atoms. The summed E-state index contributed by atoms with van der Waals surface area (Å²) in [5, 5.41) is 6.78. The molecular weight excluding hydrogens is 176 g/mol. The van der Waals surface area contributed by atoms with Crippen LogP contribution in [0, 0.1) is 5.92 Å². The van der Waals surface area contributed by atoms with Crippen molar-refractivity contribution in [2.75, 3.05) is 13.1 Å². The van der Waals surface area contributed by atoms with E-state index in [1.807, 2.05) is 0 Å². The van der Waals surface area contributed by atoms with Crippen molar-refractivity contribution in [3.63, 3.8) is 0 Å². The molecule has 0 spiro atoms. The average Bonchev–Trinajstić information content (AvgIpc) is 2.30. The van der Waals surface area contributed by atoms with E-state index in [0.717, 1.165) is 25.3 Å². The Morgan fingerprint density at radius 2 is 1.86 bits per heavy atom. The van der Waals surface area contributed by atoms with Crippen molar-refractivity contribution >= 4 is 6.29 Å². The highest BCUT2D eigenvalue weighted by Gasteiger charge is 2.27. The second-order valence-electron chi connectivity index (χ2n) is 4.57. The van der Waals surface area contributed by atoms with Gasteiger partial charge >= 0.3 is 0 Å². The minimum atomic E-state index is 0.0377. The van der Waals surface area contributed by atoms with Crippen LogP contribution in [0.2, 0.25) is 0 Å². The van der Waals surface area contributed by atoms with E-state index in [1.54, 1.807) is 0 Å². The first-order chi connectivity index (χ1) is 6.90. The van der Waals surface area contributed by atoms with Gasteiger partial charge in [-0.3, -0.25) is 0 Å². The van der Waals surface area contributed by atoms with Crippen molar-refractivity contribution in [1.29, 1.82) is 0 Å². The van der Waals surface area contributed by atoms with E-state index in [9.17, 15) is 4.79 Å². The summed E-state index contributed by atoms with van der Waals surface area (Å²) in [7, 11) is 0. The zero-order chi connectivity index (χ0) is 9.80. The van der Waals surface area contributed by atoms with Crippen molar-refractivity contribution in [2.24, 2.45) is 5.92 Å². The number of hydrogen-bond donors (Lipinski definition) is 2. The third kappa shape index (κ3) is 2.34. The lowest BCUT2D eigenvalue weighted by Crippen LogP contribution is -2.58. The van der Waals surface area contributed by atoms with Gasteiger partial charge in [-0.2, -0.15) is 0 Å². The lowest BCUT2D eigenvalue weighted by Gasteiger charge is -2.36. The Morgan fingerprint density at radius 1 is 1.07 bits per heavy atom. The van der Waals surface area contributed by atoms with Gasteiger partial charge in [0.1, 0.15) is 6.29 Å². The SMILES string of the molecule is O=CC1CNCC(C2CCCCC2)N1. The van der Waals surface area contributed by atoms with Gasteiger partial charge in [0.2, 0.25) is 0 Å². The molecule has 0 amide bonds. The van der Waals surface area contributed by atoms with Crippen molar-refractivity contribution in [3.8, 4) is 0 Å². The Hall–Kier alpha value is -0.410. The van der Waals surface area contributed by atoms with E-state index < -0.39 is 0 Å². The third-order valence-electron chi connectivity index (χ3n) is 3.54. The molecule has 0 aromatic rings. The molecule has 1 saturated carbocycles. The first kappa shape index (κ1) is 10.1. The summed E-state index contributed by atoms with van der Waals surface area (Å²) in [4.78, 5) is 10.7. The molecule has 80 valence electrons. The molecule has 2 aliphatic rings. The molecular formula is C11H20N2O. The molecule has 2 N–H and O–H groups in total. The number of hydrogen-bond acceptors (Lipinski definition) is 3. The molecule has 0 aromatic heterocycles. The number of rotatable bonds is 2. The van der Waals surface area contributed by atoms with Gasteiger partial charge in [-0.15, -0.1) is 0 Å². The van der Waals surface area contributed by atoms with Crippen LogP contribution in [0.3, 0.4) is 0 Å². The van der Waals surface area contributed by atoms with Crippen LogP contribution in [0.15, 0.2) is 0 Å². The number of nitrogens with one attached hydrogen (secondary N) is 2.